The van der Waals surface area contributed by atoms with Gasteiger partial charge in [-0.25, -0.2) is 0 Å². The summed E-state index contributed by atoms with van der Waals surface area (Å²) in [6.45, 7) is 5.04. The molecule has 16 heavy (non-hydrogen) atoms. The summed E-state index contributed by atoms with van der Waals surface area (Å²) in [4.78, 5) is 2.29. The average Bonchev–Trinajstić information content (AvgIpc) is 2.29. The first-order valence-electron chi connectivity index (χ1n) is 5.89. The second-order valence-corrected chi connectivity index (χ2v) is 4.07. The number of benzene rings is 1. The maximum absolute atomic E-state index is 5.61. The molecular weight excluding hydrogens is 200 g/mol. The van der Waals surface area contributed by atoms with Crippen LogP contribution in [0.3, 0.4) is 0 Å². The van der Waals surface area contributed by atoms with Crippen molar-refractivity contribution in [3.05, 3.63) is 24.3 Å². The van der Waals surface area contributed by atoms with Crippen LogP contribution in [0.1, 0.15) is 19.8 Å². The van der Waals surface area contributed by atoms with Gasteiger partial charge < -0.3 is 15.4 Å². The fourth-order valence-corrected chi connectivity index (χ4v) is 1.42. The molecule has 0 spiro atoms. The highest BCUT2D eigenvalue weighted by molar-refractivity contribution is 5.41. The molecule has 90 valence electrons. The second kappa shape index (κ2) is 7.12. The van der Waals surface area contributed by atoms with Crippen LogP contribution in [-0.2, 0) is 0 Å². The van der Waals surface area contributed by atoms with E-state index in [0.29, 0.717) is 0 Å². The molecule has 1 aromatic rings. The Kier molecular flexibility index (Phi) is 5.72. The molecule has 3 heteroatoms. The maximum atomic E-state index is 5.61. The Hall–Kier alpha value is -1.22. The molecule has 1 rings (SSSR count). The number of rotatable bonds is 7. The van der Waals surface area contributed by atoms with E-state index in [9.17, 15) is 0 Å². The zero-order valence-corrected chi connectivity index (χ0v) is 10.3. The Labute approximate surface area is 98.2 Å². The molecule has 0 heterocycles. The van der Waals surface area contributed by atoms with Crippen LogP contribution in [0.4, 0.5) is 5.69 Å². The number of nitrogens with zero attached hydrogens (tertiary/aromatic N) is 1. The highest BCUT2D eigenvalue weighted by Gasteiger charge is 1.98. The molecule has 0 saturated heterocycles. The molecule has 0 saturated carbocycles. The van der Waals surface area contributed by atoms with Crippen molar-refractivity contribution in [2.45, 2.75) is 19.8 Å². The molecule has 0 aliphatic carbocycles. The standard InChI is InChI=1S/C13H22N2O/c1-3-4-9-15(2)10-11-16-13-7-5-12(14)6-8-13/h5-8H,3-4,9-11,14H2,1-2H3. The maximum Gasteiger partial charge on any atom is 0.119 e. The van der Waals surface area contributed by atoms with Gasteiger partial charge in [0.25, 0.3) is 0 Å². The monoisotopic (exact) mass is 222 g/mol. The van der Waals surface area contributed by atoms with Gasteiger partial charge in [0.15, 0.2) is 0 Å². The summed E-state index contributed by atoms with van der Waals surface area (Å²) >= 11 is 0. The summed E-state index contributed by atoms with van der Waals surface area (Å²) in [5, 5.41) is 0. The Balaban J connectivity index is 2.17. The average molecular weight is 222 g/mol. The molecule has 3 nitrogen and oxygen atoms in total. The van der Waals surface area contributed by atoms with E-state index >= 15 is 0 Å². The molecular formula is C13H22N2O. The SMILES string of the molecule is CCCCN(C)CCOc1ccc(N)cc1. The van der Waals surface area contributed by atoms with Gasteiger partial charge in [0, 0.05) is 12.2 Å². The highest BCUT2D eigenvalue weighted by atomic mass is 16.5. The zero-order valence-electron chi connectivity index (χ0n) is 10.3. The number of likely N-dealkylation sites (N-methyl/N-ethyl adjacent to an activating group) is 1. The van der Waals surface area contributed by atoms with Gasteiger partial charge in [0.1, 0.15) is 12.4 Å². The Morgan fingerprint density at radius 1 is 1.19 bits per heavy atom. The van der Waals surface area contributed by atoms with E-state index in [0.717, 1.165) is 31.1 Å². The molecule has 0 amide bonds. The molecule has 0 aliphatic rings. The van der Waals surface area contributed by atoms with E-state index in [2.05, 4.69) is 18.9 Å². The fourth-order valence-electron chi connectivity index (χ4n) is 1.42. The van der Waals surface area contributed by atoms with E-state index in [4.69, 9.17) is 10.5 Å². The number of anilines is 1. The normalized spacial score (nSPS) is 10.7. The van der Waals surface area contributed by atoms with E-state index in [-0.39, 0.29) is 0 Å². The molecule has 0 atom stereocenters. The zero-order chi connectivity index (χ0) is 11.8. The Morgan fingerprint density at radius 2 is 1.88 bits per heavy atom. The smallest absolute Gasteiger partial charge is 0.119 e. The van der Waals surface area contributed by atoms with Crippen LogP contribution >= 0.6 is 0 Å². The topological polar surface area (TPSA) is 38.5 Å². The molecule has 0 fully saturated rings. The molecule has 0 aliphatic heterocycles. The number of nitrogen functional groups attached to an aromatic ring is 1. The van der Waals surface area contributed by atoms with Gasteiger partial charge in [-0.2, -0.15) is 0 Å². The lowest BCUT2D eigenvalue weighted by molar-refractivity contribution is 0.235. The number of ether oxygens (including phenoxy) is 1. The fraction of sp³-hybridized carbons (Fsp3) is 0.538. The van der Waals surface area contributed by atoms with Crippen LogP contribution in [0.25, 0.3) is 0 Å². The Morgan fingerprint density at radius 3 is 2.50 bits per heavy atom. The quantitative estimate of drug-likeness (QED) is 0.720. The number of unbranched alkanes of at least 4 members (excludes halogenated alkanes) is 1. The summed E-state index contributed by atoms with van der Waals surface area (Å²) in [5.74, 6) is 0.887. The minimum Gasteiger partial charge on any atom is -0.492 e. The molecule has 2 N–H and O–H groups in total. The summed E-state index contributed by atoms with van der Waals surface area (Å²) in [7, 11) is 2.13. The van der Waals surface area contributed by atoms with Crippen molar-refractivity contribution in [3.63, 3.8) is 0 Å². The van der Waals surface area contributed by atoms with Crippen molar-refractivity contribution in [2.24, 2.45) is 0 Å². The van der Waals surface area contributed by atoms with Gasteiger partial charge in [0.2, 0.25) is 0 Å². The van der Waals surface area contributed by atoms with Crippen molar-refractivity contribution >= 4 is 5.69 Å². The third kappa shape index (κ3) is 5.03. The van der Waals surface area contributed by atoms with Crippen molar-refractivity contribution in [1.82, 2.24) is 4.90 Å². The lowest BCUT2D eigenvalue weighted by Crippen LogP contribution is -2.25. The third-order valence-corrected chi connectivity index (χ3v) is 2.52. The summed E-state index contributed by atoms with van der Waals surface area (Å²) in [6.07, 6.45) is 2.49. The first-order valence-corrected chi connectivity index (χ1v) is 5.89. The first-order chi connectivity index (χ1) is 7.72. The summed E-state index contributed by atoms with van der Waals surface area (Å²) in [5.41, 5.74) is 6.37. The van der Waals surface area contributed by atoms with Crippen LogP contribution < -0.4 is 10.5 Å². The molecule has 0 unspecified atom stereocenters. The van der Waals surface area contributed by atoms with Crippen LogP contribution in [-0.4, -0.2) is 31.6 Å². The van der Waals surface area contributed by atoms with Crippen molar-refractivity contribution in [1.29, 1.82) is 0 Å². The van der Waals surface area contributed by atoms with Gasteiger partial charge in [-0.1, -0.05) is 13.3 Å². The van der Waals surface area contributed by atoms with Gasteiger partial charge in [0.05, 0.1) is 0 Å². The van der Waals surface area contributed by atoms with Crippen LogP contribution in [0.15, 0.2) is 24.3 Å². The molecule has 1 aromatic carbocycles. The largest absolute Gasteiger partial charge is 0.492 e. The lowest BCUT2D eigenvalue weighted by atomic mass is 10.3. The van der Waals surface area contributed by atoms with E-state index in [1.807, 2.05) is 24.3 Å². The van der Waals surface area contributed by atoms with Crippen molar-refractivity contribution in [3.8, 4) is 5.75 Å². The lowest BCUT2D eigenvalue weighted by Gasteiger charge is -2.16. The third-order valence-electron chi connectivity index (χ3n) is 2.52. The van der Waals surface area contributed by atoms with E-state index in [1.54, 1.807) is 0 Å². The molecule has 0 aromatic heterocycles. The van der Waals surface area contributed by atoms with Gasteiger partial charge in [-0.15, -0.1) is 0 Å². The molecule has 0 bridgehead atoms. The summed E-state index contributed by atoms with van der Waals surface area (Å²) < 4.78 is 5.61. The van der Waals surface area contributed by atoms with Crippen molar-refractivity contribution in [2.75, 3.05) is 32.5 Å². The predicted molar refractivity (Wildman–Crippen MR) is 68.8 cm³/mol. The first kappa shape index (κ1) is 12.8. The Bertz CT molecular complexity index is 284. The van der Waals surface area contributed by atoms with Crippen LogP contribution in [0, 0.1) is 0 Å². The van der Waals surface area contributed by atoms with Gasteiger partial charge in [-0.05, 0) is 44.3 Å². The van der Waals surface area contributed by atoms with E-state index in [1.165, 1.54) is 12.8 Å². The van der Waals surface area contributed by atoms with Crippen molar-refractivity contribution < 1.29 is 4.74 Å². The van der Waals surface area contributed by atoms with Gasteiger partial charge in [-0.3, -0.25) is 0 Å². The predicted octanol–water partition coefficient (Wildman–Crippen LogP) is 2.38. The van der Waals surface area contributed by atoms with E-state index < -0.39 is 0 Å². The number of hydrogen-bond acceptors (Lipinski definition) is 3. The number of hydrogen-bond donors (Lipinski definition) is 1. The van der Waals surface area contributed by atoms with Crippen LogP contribution in [0.2, 0.25) is 0 Å². The molecule has 0 radical (unpaired) electrons. The second-order valence-electron chi connectivity index (χ2n) is 4.07. The minimum absolute atomic E-state index is 0.726. The minimum atomic E-state index is 0.726. The van der Waals surface area contributed by atoms with Crippen LogP contribution in [0.5, 0.6) is 5.75 Å². The van der Waals surface area contributed by atoms with Gasteiger partial charge >= 0.3 is 0 Å². The number of nitrogens with two attached hydrogens (primary N) is 1. The highest BCUT2D eigenvalue weighted by Crippen LogP contribution is 2.12. The summed E-state index contributed by atoms with van der Waals surface area (Å²) in [6, 6.07) is 7.52.